The Hall–Kier alpha value is -1.65. The van der Waals surface area contributed by atoms with E-state index in [1.807, 2.05) is 11.8 Å². The van der Waals surface area contributed by atoms with E-state index in [0.29, 0.717) is 11.5 Å². The third-order valence-electron chi connectivity index (χ3n) is 2.60. The van der Waals surface area contributed by atoms with Gasteiger partial charge >= 0.3 is 0 Å². The zero-order valence-corrected chi connectivity index (χ0v) is 9.44. The molecule has 1 aliphatic heterocycles. The van der Waals surface area contributed by atoms with E-state index in [2.05, 4.69) is 15.3 Å². The summed E-state index contributed by atoms with van der Waals surface area (Å²) in [5.74, 6) is 0.650. The first-order chi connectivity index (χ1) is 7.81. The average molecular weight is 220 g/mol. The predicted molar refractivity (Wildman–Crippen MR) is 61.3 cm³/mol. The van der Waals surface area contributed by atoms with Gasteiger partial charge in [0.2, 0.25) is 0 Å². The summed E-state index contributed by atoms with van der Waals surface area (Å²) in [4.78, 5) is 22.1. The summed E-state index contributed by atoms with van der Waals surface area (Å²) in [6.45, 7) is 4.44. The number of nitrogens with one attached hydrogen (secondary N) is 1. The molecule has 1 saturated heterocycles. The molecule has 1 N–H and O–H groups in total. The topological polar surface area (TPSA) is 58.1 Å². The number of hydrogen-bond acceptors (Lipinski definition) is 4. The van der Waals surface area contributed by atoms with Gasteiger partial charge in [0, 0.05) is 19.6 Å². The number of anilines is 1. The molecule has 0 atom stereocenters. The lowest BCUT2D eigenvalue weighted by molar-refractivity contribution is 0.0786. The molecule has 1 aromatic heterocycles. The Morgan fingerprint density at radius 1 is 1.44 bits per heavy atom. The maximum atomic E-state index is 12.0. The van der Waals surface area contributed by atoms with Crippen molar-refractivity contribution in [2.45, 2.75) is 19.8 Å². The van der Waals surface area contributed by atoms with Gasteiger partial charge in [0.1, 0.15) is 11.5 Å². The number of hydrogen-bond donors (Lipinski definition) is 1. The van der Waals surface area contributed by atoms with Gasteiger partial charge in [-0.05, 0) is 19.8 Å². The van der Waals surface area contributed by atoms with Gasteiger partial charge in [0.15, 0.2) is 0 Å². The van der Waals surface area contributed by atoms with Gasteiger partial charge in [-0.1, -0.05) is 0 Å². The fourth-order valence-corrected chi connectivity index (χ4v) is 1.82. The molecule has 2 rings (SSSR count). The molecule has 0 spiro atoms. The van der Waals surface area contributed by atoms with Crippen molar-refractivity contribution in [3.05, 3.63) is 18.1 Å². The summed E-state index contributed by atoms with van der Waals surface area (Å²) in [6.07, 6.45) is 5.34. The molecule has 0 aromatic carbocycles. The number of amides is 1. The molecule has 5 nitrogen and oxygen atoms in total. The zero-order valence-electron chi connectivity index (χ0n) is 9.44. The number of likely N-dealkylation sites (tertiary alicyclic amines) is 1. The van der Waals surface area contributed by atoms with E-state index in [4.69, 9.17) is 0 Å². The Kier molecular flexibility index (Phi) is 3.34. The maximum Gasteiger partial charge on any atom is 0.274 e. The molecular weight excluding hydrogens is 204 g/mol. The third-order valence-corrected chi connectivity index (χ3v) is 2.60. The summed E-state index contributed by atoms with van der Waals surface area (Å²) >= 11 is 0. The van der Waals surface area contributed by atoms with Crippen molar-refractivity contribution in [1.29, 1.82) is 0 Å². The lowest BCUT2D eigenvalue weighted by Gasteiger charge is -2.14. The second-order valence-corrected chi connectivity index (χ2v) is 3.82. The Morgan fingerprint density at radius 2 is 2.19 bits per heavy atom. The summed E-state index contributed by atoms with van der Waals surface area (Å²) in [5.41, 5.74) is 0.431. The normalized spacial score (nSPS) is 15.2. The molecule has 1 aromatic rings. The monoisotopic (exact) mass is 220 g/mol. The highest BCUT2D eigenvalue weighted by Crippen LogP contribution is 2.12. The van der Waals surface area contributed by atoms with E-state index in [0.717, 1.165) is 32.5 Å². The maximum absolute atomic E-state index is 12.0. The molecule has 1 fully saturated rings. The van der Waals surface area contributed by atoms with Crippen LogP contribution in [-0.4, -0.2) is 40.4 Å². The van der Waals surface area contributed by atoms with Crippen molar-refractivity contribution in [2.75, 3.05) is 25.0 Å². The van der Waals surface area contributed by atoms with Crippen molar-refractivity contribution < 1.29 is 4.79 Å². The minimum absolute atomic E-state index is 0.00949. The van der Waals surface area contributed by atoms with Crippen LogP contribution in [0.1, 0.15) is 30.3 Å². The smallest absolute Gasteiger partial charge is 0.274 e. The van der Waals surface area contributed by atoms with Gasteiger partial charge in [-0.3, -0.25) is 9.78 Å². The van der Waals surface area contributed by atoms with Gasteiger partial charge < -0.3 is 10.2 Å². The first-order valence-corrected chi connectivity index (χ1v) is 5.66. The van der Waals surface area contributed by atoms with E-state index in [-0.39, 0.29) is 5.91 Å². The van der Waals surface area contributed by atoms with Crippen molar-refractivity contribution in [2.24, 2.45) is 0 Å². The van der Waals surface area contributed by atoms with Crippen molar-refractivity contribution in [3.8, 4) is 0 Å². The Labute approximate surface area is 94.9 Å². The lowest BCUT2D eigenvalue weighted by atomic mass is 10.4. The van der Waals surface area contributed by atoms with E-state index in [1.165, 1.54) is 6.20 Å². The number of carbonyl (C=O) groups is 1. The first kappa shape index (κ1) is 10.9. The third kappa shape index (κ3) is 2.29. The Balaban J connectivity index is 2.12. The van der Waals surface area contributed by atoms with Crippen molar-refractivity contribution in [3.63, 3.8) is 0 Å². The SMILES string of the molecule is CCNc1cncc(C(=O)N2CCCC2)n1. The number of carbonyl (C=O) groups excluding carboxylic acids is 1. The molecule has 0 saturated carbocycles. The first-order valence-electron chi connectivity index (χ1n) is 5.66. The molecule has 0 unspecified atom stereocenters. The second kappa shape index (κ2) is 4.92. The standard InChI is InChI=1S/C11H16N4O/c1-2-13-10-8-12-7-9(14-10)11(16)15-5-3-4-6-15/h7-8H,2-6H2,1H3,(H,13,14). The Bertz CT molecular complexity index is 374. The second-order valence-electron chi connectivity index (χ2n) is 3.82. The largest absolute Gasteiger partial charge is 0.369 e. The molecule has 5 heteroatoms. The van der Waals surface area contributed by atoms with Crippen LogP contribution in [0.5, 0.6) is 0 Å². The van der Waals surface area contributed by atoms with Crippen molar-refractivity contribution in [1.82, 2.24) is 14.9 Å². The van der Waals surface area contributed by atoms with Crippen LogP contribution in [0.2, 0.25) is 0 Å². The van der Waals surface area contributed by atoms with Crippen LogP contribution in [0, 0.1) is 0 Å². The van der Waals surface area contributed by atoms with Crippen LogP contribution in [0.15, 0.2) is 12.4 Å². The van der Waals surface area contributed by atoms with Gasteiger partial charge in [0.25, 0.3) is 5.91 Å². The highest BCUT2D eigenvalue weighted by atomic mass is 16.2. The molecule has 0 aliphatic carbocycles. The van der Waals surface area contributed by atoms with Gasteiger partial charge in [0.05, 0.1) is 12.4 Å². The molecule has 1 amide bonds. The van der Waals surface area contributed by atoms with E-state index in [1.54, 1.807) is 6.20 Å². The summed E-state index contributed by atoms with van der Waals surface area (Å²) in [7, 11) is 0. The van der Waals surface area contributed by atoms with E-state index < -0.39 is 0 Å². The van der Waals surface area contributed by atoms with Crippen LogP contribution in [0.4, 0.5) is 5.82 Å². The highest BCUT2D eigenvalue weighted by molar-refractivity contribution is 5.92. The molecular formula is C11H16N4O. The van der Waals surface area contributed by atoms with Crippen LogP contribution in [-0.2, 0) is 0 Å². The molecule has 1 aliphatic rings. The van der Waals surface area contributed by atoms with Crippen LogP contribution in [0.3, 0.4) is 0 Å². The predicted octanol–water partition coefficient (Wildman–Crippen LogP) is 1.14. The summed E-state index contributed by atoms with van der Waals surface area (Å²) in [6, 6.07) is 0. The van der Waals surface area contributed by atoms with Gasteiger partial charge in [-0.25, -0.2) is 4.98 Å². The highest BCUT2D eigenvalue weighted by Gasteiger charge is 2.20. The minimum atomic E-state index is -0.00949. The van der Waals surface area contributed by atoms with E-state index in [9.17, 15) is 4.79 Å². The molecule has 2 heterocycles. The summed E-state index contributed by atoms with van der Waals surface area (Å²) in [5, 5.41) is 3.05. The quantitative estimate of drug-likeness (QED) is 0.830. The summed E-state index contributed by atoms with van der Waals surface area (Å²) < 4.78 is 0. The van der Waals surface area contributed by atoms with Crippen LogP contribution >= 0.6 is 0 Å². The van der Waals surface area contributed by atoms with Crippen LogP contribution in [0.25, 0.3) is 0 Å². The zero-order chi connectivity index (χ0) is 11.4. The molecule has 0 bridgehead atoms. The van der Waals surface area contributed by atoms with Gasteiger partial charge in [-0.15, -0.1) is 0 Å². The lowest BCUT2D eigenvalue weighted by Crippen LogP contribution is -2.28. The molecule has 86 valence electrons. The van der Waals surface area contributed by atoms with E-state index >= 15 is 0 Å². The Morgan fingerprint density at radius 3 is 2.88 bits per heavy atom. The van der Waals surface area contributed by atoms with Gasteiger partial charge in [-0.2, -0.15) is 0 Å². The number of aromatic nitrogens is 2. The molecule has 16 heavy (non-hydrogen) atoms. The number of rotatable bonds is 3. The van der Waals surface area contributed by atoms with Crippen LogP contribution < -0.4 is 5.32 Å². The number of nitrogens with zero attached hydrogens (tertiary/aromatic N) is 3. The molecule has 0 radical (unpaired) electrons. The fourth-order valence-electron chi connectivity index (χ4n) is 1.82. The minimum Gasteiger partial charge on any atom is -0.369 e. The fraction of sp³-hybridized carbons (Fsp3) is 0.545. The average Bonchev–Trinajstić information content (AvgIpc) is 2.82. The van der Waals surface area contributed by atoms with Crippen molar-refractivity contribution >= 4 is 11.7 Å².